The van der Waals surface area contributed by atoms with Crippen molar-refractivity contribution in [3.63, 3.8) is 0 Å². The van der Waals surface area contributed by atoms with Gasteiger partial charge in [-0.1, -0.05) is 23.2 Å². The van der Waals surface area contributed by atoms with Crippen LogP contribution >= 0.6 is 39.1 Å². The van der Waals surface area contributed by atoms with E-state index in [0.717, 1.165) is 4.47 Å². The number of nitrogens with zero attached hydrogens (tertiary/aromatic N) is 2. The van der Waals surface area contributed by atoms with Gasteiger partial charge in [-0.05, 0) is 52.3 Å². The van der Waals surface area contributed by atoms with Crippen LogP contribution in [0.15, 0.2) is 52.0 Å². The molecule has 3 rings (SSSR count). The van der Waals surface area contributed by atoms with Crippen molar-refractivity contribution in [3.8, 4) is 5.75 Å². The fourth-order valence-corrected chi connectivity index (χ4v) is 3.10. The standard InChI is InChI=1S/C16H11BrCl2N2O2/c17-13-7-10(18)2-4-15(13)23-6-5-21-9-20-14-8-11(19)1-3-12(14)16(21)22/h1-4,7-9H,5-6H2. The van der Waals surface area contributed by atoms with Gasteiger partial charge in [0.05, 0.1) is 28.2 Å². The zero-order chi connectivity index (χ0) is 16.4. The first-order valence-electron chi connectivity index (χ1n) is 6.77. The third-order valence-corrected chi connectivity index (χ3v) is 4.36. The van der Waals surface area contributed by atoms with Gasteiger partial charge in [-0.25, -0.2) is 4.98 Å². The lowest BCUT2D eigenvalue weighted by atomic mass is 10.2. The number of rotatable bonds is 4. The van der Waals surface area contributed by atoms with Crippen molar-refractivity contribution >= 4 is 50.0 Å². The second-order valence-electron chi connectivity index (χ2n) is 4.83. The summed E-state index contributed by atoms with van der Waals surface area (Å²) < 4.78 is 7.95. The highest BCUT2D eigenvalue weighted by molar-refractivity contribution is 9.10. The second-order valence-corrected chi connectivity index (χ2v) is 6.56. The molecule has 1 aromatic heterocycles. The van der Waals surface area contributed by atoms with Gasteiger partial charge >= 0.3 is 0 Å². The molecular formula is C16H11BrCl2N2O2. The van der Waals surface area contributed by atoms with Crippen LogP contribution in [0.5, 0.6) is 5.75 Å². The number of benzene rings is 2. The molecule has 0 radical (unpaired) electrons. The molecule has 7 heteroatoms. The smallest absolute Gasteiger partial charge is 0.261 e. The highest BCUT2D eigenvalue weighted by Crippen LogP contribution is 2.27. The first-order valence-corrected chi connectivity index (χ1v) is 8.32. The van der Waals surface area contributed by atoms with Crippen molar-refractivity contribution in [2.45, 2.75) is 6.54 Å². The summed E-state index contributed by atoms with van der Waals surface area (Å²) in [5.41, 5.74) is 0.463. The molecule has 4 nitrogen and oxygen atoms in total. The first kappa shape index (κ1) is 16.3. The third kappa shape index (κ3) is 3.68. The van der Waals surface area contributed by atoms with Crippen molar-refractivity contribution < 1.29 is 4.74 Å². The first-order chi connectivity index (χ1) is 11.0. The topological polar surface area (TPSA) is 44.1 Å². The van der Waals surface area contributed by atoms with Gasteiger partial charge in [0.15, 0.2) is 0 Å². The molecule has 0 aliphatic carbocycles. The fraction of sp³-hybridized carbons (Fsp3) is 0.125. The number of hydrogen-bond donors (Lipinski definition) is 0. The van der Waals surface area contributed by atoms with Crippen LogP contribution in [0.1, 0.15) is 0 Å². The van der Waals surface area contributed by atoms with Gasteiger partial charge in [-0.15, -0.1) is 0 Å². The molecule has 0 unspecified atom stereocenters. The Morgan fingerprint density at radius 3 is 2.65 bits per heavy atom. The summed E-state index contributed by atoms with van der Waals surface area (Å²) in [7, 11) is 0. The molecule has 0 aliphatic rings. The molecule has 0 spiro atoms. The quantitative estimate of drug-likeness (QED) is 0.630. The maximum Gasteiger partial charge on any atom is 0.261 e. The van der Waals surface area contributed by atoms with Crippen LogP contribution in [0, 0.1) is 0 Å². The zero-order valence-corrected chi connectivity index (χ0v) is 14.9. The molecular weight excluding hydrogens is 403 g/mol. The summed E-state index contributed by atoms with van der Waals surface area (Å²) >= 11 is 15.2. The highest BCUT2D eigenvalue weighted by atomic mass is 79.9. The van der Waals surface area contributed by atoms with Crippen LogP contribution in [0.2, 0.25) is 10.0 Å². The molecule has 0 atom stereocenters. The van der Waals surface area contributed by atoms with Gasteiger partial charge in [0, 0.05) is 10.0 Å². The molecule has 23 heavy (non-hydrogen) atoms. The Bertz CT molecular complexity index is 928. The lowest BCUT2D eigenvalue weighted by Crippen LogP contribution is -2.23. The SMILES string of the molecule is O=c1c2ccc(Cl)cc2ncn1CCOc1ccc(Cl)cc1Br. The Kier molecular flexibility index (Phi) is 4.90. The maximum absolute atomic E-state index is 12.4. The number of fused-ring (bicyclic) bond motifs is 1. The summed E-state index contributed by atoms with van der Waals surface area (Å²) in [5, 5.41) is 1.71. The van der Waals surface area contributed by atoms with E-state index in [1.54, 1.807) is 36.4 Å². The van der Waals surface area contributed by atoms with Crippen LogP contribution in [-0.4, -0.2) is 16.2 Å². The zero-order valence-electron chi connectivity index (χ0n) is 11.8. The Balaban J connectivity index is 1.76. The van der Waals surface area contributed by atoms with E-state index in [2.05, 4.69) is 20.9 Å². The normalized spacial score (nSPS) is 10.9. The third-order valence-electron chi connectivity index (χ3n) is 3.27. The van der Waals surface area contributed by atoms with Crippen LogP contribution < -0.4 is 10.3 Å². The average molecular weight is 414 g/mol. The minimum atomic E-state index is -0.120. The number of hydrogen-bond acceptors (Lipinski definition) is 3. The predicted octanol–water partition coefficient (Wildman–Crippen LogP) is 4.54. The van der Waals surface area contributed by atoms with E-state index in [-0.39, 0.29) is 5.56 Å². The monoisotopic (exact) mass is 412 g/mol. The number of ether oxygens (including phenoxy) is 1. The second kappa shape index (κ2) is 6.91. The van der Waals surface area contributed by atoms with Crippen molar-refractivity contribution in [3.05, 3.63) is 67.6 Å². The van der Waals surface area contributed by atoms with E-state index < -0.39 is 0 Å². The Hall–Kier alpha value is -1.56. The van der Waals surface area contributed by atoms with Gasteiger partial charge in [-0.3, -0.25) is 9.36 Å². The summed E-state index contributed by atoms with van der Waals surface area (Å²) in [6, 6.07) is 10.3. The van der Waals surface area contributed by atoms with Crippen LogP contribution in [-0.2, 0) is 6.54 Å². The lowest BCUT2D eigenvalue weighted by Gasteiger charge is -2.10. The molecule has 0 aliphatic heterocycles. The van der Waals surface area contributed by atoms with E-state index in [1.165, 1.54) is 10.9 Å². The van der Waals surface area contributed by atoms with E-state index >= 15 is 0 Å². The van der Waals surface area contributed by atoms with Gasteiger partial charge in [0.25, 0.3) is 5.56 Å². The number of halogens is 3. The molecule has 0 N–H and O–H groups in total. The fourth-order valence-electron chi connectivity index (χ4n) is 2.14. The van der Waals surface area contributed by atoms with Gasteiger partial charge < -0.3 is 4.74 Å². The number of aromatic nitrogens is 2. The van der Waals surface area contributed by atoms with E-state index in [9.17, 15) is 4.79 Å². The molecule has 2 aromatic carbocycles. The van der Waals surface area contributed by atoms with E-state index in [1.807, 2.05) is 0 Å². The van der Waals surface area contributed by atoms with Crippen LogP contribution in [0.3, 0.4) is 0 Å². The largest absolute Gasteiger partial charge is 0.491 e. The van der Waals surface area contributed by atoms with Gasteiger partial charge in [-0.2, -0.15) is 0 Å². The predicted molar refractivity (Wildman–Crippen MR) is 95.7 cm³/mol. The Labute approximate surface area is 150 Å². The van der Waals surface area contributed by atoms with Gasteiger partial charge in [0.1, 0.15) is 12.4 Å². The Morgan fingerprint density at radius 2 is 1.87 bits per heavy atom. The average Bonchev–Trinajstić information content (AvgIpc) is 2.51. The molecule has 3 aromatic rings. The minimum Gasteiger partial charge on any atom is -0.491 e. The molecule has 0 bridgehead atoms. The van der Waals surface area contributed by atoms with Crippen molar-refractivity contribution in [2.75, 3.05) is 6.61 Å². The molecule has 118 valence electrons. The molecule has 0 saturated heterocycles. The van der Waals surface area contributed by atoms with Crippen molar-refractivity contribution in [1.29, 1.82) is 0 Å². The van der Waals surface area contributed by atoms with E-state index in [0.29, 0.717) is 39.8 Å². The summed E-state index contributed by atoms with van der Waals surface area (Å²) in [4.78, 5) is 16.6. The summed E-state index contributed by atoms with van der Waals surface area (Å²) in [6.45, 7) is 0.723. The molecule has 0 amide bonds. The summed E-state index contributed by atoms with van der Waals surface area (Å²) in [6.07, 6.45) is 1.50. The maximum atomic E-state index is 12.4. The van der Waals surface area contributed by atoms with Crippen molar-refractivity contribution in [2.24, 2.45) is 0 Å². The Morgan fingerprint density at radius 1 is 1.13 bits per heavy atom. The van der Waals surface area contributed by atoms with Crippen LogP contribution in [0.4, 0.5) is 0 Å². The van der Waals surface area contributed by atoms with E-state index in [4.69, 9.17) is 27.9 Å². The molecule has 0 fully saturated rings. The molecule has 1 heterocycles. The van der Waals surface area contributed by atoms with Gasteiger partial charge in [0.2, 0.25) is 0 Å². The lowest BCUT2D eigenvalue weighted by molar-refractivity contribution is 0.294. The minimum absolute atomic E-state index is 0.120. The highest BCUT2D eigenvalue weighted by Gasteiger charge is 2.06. The van der Waals surface area contributed by atoms with Crippen molar-refractivity contribution in [1.82, 2.24) is 9.55 Å². The molecule has 0 saturated carbocycles. The summed E-state index contributed by atoms with van der Waals surface area (Å²) in [5.74, 6) is 0.669. The van der Waals surface area contributed by atoms with Crippen LogP contribution in [0.25, 0.3) is 10.9 Å².